The second-order valence-corrected chi connectivity index (χ2v) is 7.16. The van der Waals surface area contributed by atoms with E-state index < -0.39 is 25.3 Å². The van der Waals surface area contributed by atoms with Gasteiger partial charge in [-0.15, -0.1) is 11.6 Å². The average molecular weight is 347 g/mol. The van der Waals surface area contributed by atoms with Gasteiger partial charge in [0, 0.05) is 11.9 Å². The molecule has 106 valence electrons. The monoisotopic (exact) mass is 345 g/mol. The van der Waals surface area contributed by atoms with E-state index in [4.69, 9.17) is 34.8 Å². The van der Waals surface area contributed by atoms with Gasteiger partial charge >= 0.3 is 0 Å². The number of hydrogen-bond acceptors (Lipinski definition) is 4. The molecule has 0 spiro atoms. The van der Waals surface area contributed by atoms with E-state index in [0.717, 1.165) is 12.1 Å². The van der Waals surface area contributed by atoms with Gasteiger partial charge < -0.3 is 0 Å². The maximum Gasteiger partial charge on any atom is 0.289 e. The van der Waals surface area contributed by atoms with E-state index in [1.165, 1.54) is 0 Å². The van der Waals surface area contributed by atoms with Crippen molar-refractivity contribution in [3.05, 3.63) is 32.3 Å². The maximum atomic E-state index is 12.1. The molecule has 0 saturated carbocycles. The summed E-state index contributed by atoms with van der Waals surface area (Å²) in [5.74, 6) is -0.496. The molecule has 19 heavy (non-hydrogen) atoms. The first-order valence-electron chi connectivity index (χ1n) is 5.11. The summed E-state index contributed by atoms with van der Waals surface area (Å²) in [6, 6.07) is 1.93. The van der Waals surface area contributed by atoms with Crippen LogP contribution >= 0.6 is 34.8 Å². The van der Waals surface area contributed by atoms with Gasteiger partial charge in [0.15, 0.2) is 9.84 Å². The molecule has 1 unspecified atom stereocenters. The van der Waals surface area contributed by atoms with Gasteiger partial charge in [-0.3, -0.25) is 10.1 Å². The van der Waals surface area contributed by atoms with Gasteiger partial charge in [-0.1, -0.05) is 30.1 Å². The molecule has 0 radical (unpaired) electrons. The predicted octanol–water partition coefficient (Wildman–Crippen LogP) is 3.55. The first-order chi connectivity index (χ1) is 8.69. The quantitative estimate of drug-likeness (QED) is 0.464. The maximum absolute atomic E-state index is 12.1. The Bertz CT molecular complexity index is 603. The fraction of sp³-hybridized carbons (Fsp3) is 0.400. The topological polar surface area (TPSA) is 77.3 Å². The Kier molecular flexibility index (Phi) is 5.43. The van der Waals surface area contributed by atoms with Crippen LogP contribution in [0.3, 0.4) is 0 Å². The Morgan fingerprint density at radius 1 is 1.32 bits per heavy atom. The van der Waals surface area contributed by atoms with Crippen molar-refractivity contribution in [2.24, 2.45) is 5.92 Å². The summed E-state index contributed by atoms with van der Waals surface area (Å²) in [6.07, 6.45) is 0. The van der Waals surface area contributed by atoms with Gasteiger partial charge in [0.25, 0.3) is 5.69 Å². The molecule has 0 heterocycles. The molecule has 0 amide bonds. The van der Waals surface area contributed by atoms with Crippen LogP contribution in [-0.4, -0.2) is 25.0 Å². The van der Waals surface area contributed by atoms with Gasteiger partial charge in [0.1, 0.15) is 4.90 Å². The zero-order valence-corrected chi connectivity index (χ0v) is 12.9. The lowest BCUT2D eigenvalue weighted by Crippen LogP contribution is -2.16. The van der Waals surface area contributed by atoms with Crippen LogP contribution in [0.5, 0.6) is 0 Å². The summed E-state index contributed by atoms with van der Waals surface area (Å²) < 4.78 is 24.3. The number of nitro groups is 1. The van der Waals surface area contributed by atoms with E-state index >= 15 is 0 Å². The van der Waals surface area contributed by atoms with Gasteiger partial charge in [-0.25, -0.2) is 8.42 Å². The lowest BCUT2D eigenvalue weighted by Gasteiger charge is -2.10. The highest BCUT2D eigenvalue weighted by Gasteiger charge is 2.28. The SMILES string of the molecule is CC(CCl)CS(=O)(=O)c1cc(Cl)c(Cl)cc1[N+](=O)[O-]. The Labute approximate surface area is 125 Å². The highest BCUT2D eigenvalue weighted by molar-refractivity contribution is 7.91. The number of hydrogen-bond donors (Lipinski definition) is 0. The fourth-order valence-corrected chi connectivity index (χ4v) is 3.84. The third-order valence-electron chi connectivity index (χ3n) is 2.30. The first kappa shape index (κ1) is 16.5. The van der Waals surface area contributed by atoms with Crippen LogP contribution in [0.15, 0.2) is 17.0 Å². The molecule has 0 aliphatic heterocycles. The van der Waals surface area contributed by atoms with Crippen molar-refractivity contribution < 1.29 is 13.3 Å². The highest BCUT2D eigenvalue weighted by atomic mass is 35.5. The molecular weight excluding hydrogens is 337 g/mol. The van der Waals surface area contributed by atoms with Crippen molar-refractivity contribution in [3.8, 4) is 0 Å². The van der Waals surface area contributed by atoms with Gasteiger partial charge in [0.2, 0.25) is 0 Å². The summed E-state index contributed by atoms with van der Waals surface area (Å²) in [5, 5.41) is 10.8. The second-order valence-electron chi connectivity index (χ2n) is 4.03. The third-order valence-corrected chi connectivity index (χ3v) is 5.55. The number of rotatable bonds is 5. The summed E-state index contributed by atoms with van der Waals surface area (Å²) in [6.45, 7) is 1.63. The Balaban J connectivity index is 3.40. The first-order valence-corrected chi connectivity index (χ1v) is 8.05. The molecule has 9 heteroatoms. The van der Waals surface area contributed by atoms with Crippen LogP contribution in [0.1, 0.15) is 6.92 Å². The van der Waals surface area contributed by atoms with Crippen molar-refractivity contribution in [1.29, 1.82) is 0 Å². The standard InChI is InChI=1S/C10H10Cl3NO4S/c1-6(4-11)5-19(17,18)10-3-8(13)7(12)2-9(10)14(15)16/h2-3,6H,4-5H2,1H3. The molecule has 1 aromatic rings. The van der Waals surface area contributed by atoms with E-state index in [1.807, 2.05) is 0 Å². The largest absolute Gasteiger partial charge is 0.289 e. The van der Waals surface area contributed by atoms with Crippen molar-refractivity contribution in [2.75, 3.05) is 11.6 Å². The summed E-state index contributed by atoms with van der Waals surface area (Å²) in [4.78, 5) is 9.65. The number of halogens is 3. The zero-order valence-electron chi connectivity index (χ0n) is 9.77. The fourth-order valence-electron chi connectivity index (χ4n) is 1.42. The minimum atomic E-state index is -3.86. The smallest absolute Gasteiger partial charge is 0.258 e. The lowest BCUT2D eigenvalue weighted by molar-refractivity contribution is -0.387. The van der Waals surface area contributed by atoms with E-state index in [2.05, 4.69) is 0 Å². The van der Waals surface area contributed by atoms with Crippen molar-refractivity contribution >= 4 is 50.3 Å². The van der Waals surface area contributed by atoms with Gasteiger partial charge in [0.05, 0.1) is 20.7 Å². The van der Waals surface area contributed by atoms with Crippen LogP contribution in [-0.2, 0) is 9.84 Å². The number of nitrogens with zero attached hydrogens (tertiary/aromatic N) is 1. The molecule has 0 aliphatic rings. The van der Waals surface area contributed by atoms with Gasteiger partial charge in [-0.05, 0) is 12.0 Å². The molecule has 1 aromatic carbocycles. The molecule has 0 aliphatic carbocycles. The highest BCUT2D eigenvalue weighted by Crippen LogP contribution is 2.34. The van der Waals surface area contributed by atoms with E-state index in [0.29, 0.717) is 0 Å². The van der Waals surface area contributed by atoms with Crippen LogP contribution in [0.2, 0.25) is 10.0 Å². The average Bonchev–Trinajstić information content (AvgIpc) is 2.30. The molecule has 0 N–H and O–H groups in total. The summed E-state index contributed by atoms with van der Waals surface area (Å²) >= 11 is 16.9. The minimum absolute atomic E-state index is 0.0515. The molecule has 1 rings (SSSR count). The van der Waals surface area contributed by atoms with Crippen molar-refractivity contribution in [3.63, 3.8) is 0 Å². The number of benzene rings is 1. The van der Waals surface area contributed by atoms with Crippen LogP contribution in [0.4, 0.5) is 5.69 Å². The molecule has 0 bridgehead atoms. The number of sulfone groups is 1. The van der Waals surface area contributed by atoms with E-state index in [-0.39, 0.29) is 27.6 Å². The van der Waals surface area contributed by atoms with Crippen LogP contribution in [0.25, 0.3) is 0 Å². The second kappa shape index (κ2) is 6.26. The molecule has 0 fully saturated rings. The van der Waals surface area contributed by atoms with Crippen molar-refractivity contribution in [2.45, 2.75) is 11.8 Å². The Hall–Kier alpha value is -0.560. The normalized spacial score (nSPS) is 13.3. The molecule has 0 saturated heterocycles. The third kappa shape index (κ3) is 3.95. The van der Waals surface area contributed by atoms with Crippen molar-refractivity contribution in [1.82, 2.24) is 0 Å². The Morgan fingerprint density at radius 3 is 2.32 bits per heavy atom. The molecular formula is C10H10Cl3NO4S. The summed E-state index contributed by atoms with van der Waals surface area (Å²) in [5.41, 5.74) is -0.587. The molecule has 1 atom stereocenters. The zero-order chi connectivity index (χ0) is 14.8. The van der Waals surface area contributed by atoms with E-state index in [1.54, 1.807) is 6.92 Å². The minimum Gasteiger partial charge on any atom is -0.258 e. The molecule has 0 aromatic heterocycles. The predicted molar refractivity (Wildman–Crippen MR) is 75.1 cm³/mol. The number of nitro benzene ring substituents is 1. The summed E-state index contributed by atoms with van der Waals surface area (Å²) in [7, 11) is -3.86. The molecule has 5 nitrogen and oxygen atoms in total. The van der Waals surface area contributed by atoms with Crippen LogP contribution in [0, 0.1) is 16.0 Å². The van der Waals surface area contributed by atoms with E-state index in [9.17, 15) is 18.5 Å². The van der Waals surface area contributed by atoms with Gasteiger partial charge in [-0.2, -0.15) is 0 Å². The Morgan fingerprint density at radius 2 is 1.84 bits per heavy atom. The number of alkyl halides is 1. The lowest BCUT2D eigenvalue weighted by atomic mass is 10.3. The van der Waals surface area contributed by atoms with Crippen LogP contribution < -0.4 is 0 Å².